The van der Waals surface area contributed by atoms with Gasteiger partial charge in [-0.3, -0.25) is 19.2 Å². The van der Waals surface area contributed by atoms with E-state index in [-0.39, 0.29) is 68.7 Å². The fourth-order valence-electron chi connectivity index (χ4n) is 12.3. The molecule has 3 aliphatic rings. The molecule has 8 aromatic rings. The zero-order valence-corrected chi connectivity index (χ0v) is 60.0. The van der Waals surface area contributed by atoms with Crippen LogP contribution in [0.2, 0.25) is 0 Å². The summed E-state index contributed by atoms with van der Waals surface area (Å²) in [5, 5.41) is 11.8. The molecule has 31 heteroatoms. The molecule has 2 aliphatic carbocycles. The Bertz CT molecular complexity index is 4170. The van der Waals surface area contributed by atoms with Gasteiger partial charge in [0, 0.05) is 46.5 Å². The third kappa shape index (κ3) is 17.5. The third-order valence-electron chi connectivity index (χ3n) is 16.5. The summed E-state index contributed by atoms with van der Waals surface area (Å²) in [6, 6.07) is 40.0. The largest absolute Gasteiger partial charge is 0.508 e. The van der Waals surface area contributed by atoms with E-state index in [0.717, 1.165) is 64.8 Å². The number of fused-ring (bicyclic) bond motifs is 7. The van der Waals surface area contributed by atoms with Crippen LogP contribution in [0.4, 0.5) is 25.1 Å². The molecule has 3 heterocycles. The molecule has 0 bridgehead atoms. The first kappa shape index (κ1) is 72.1. The maximum Gasteiger partial charge on any atom is 0.508 e. The van der Waals surface area contributed by atoms with Crippen molar-refractivity contribution in [2.45, 2.75) is 72.0 Å². The van der Waals surface area contributed by atoms with Crippen LogP contribution in [0.15, 0.2) is 160 Å². The van der Waals surface area contributed by atoms with E-state index in [1.54, 1.807) is 30.3 Å². The van der Waals surface area contributed by atoms with Crippen LogP contribution in [0.1, 0.15) is 68.8 Å². The van der Waals surface area contributed by atoms with E-state index in [2.05, 4.69) is 20.3 Å². The number of carboxylic acids is 1. The van der Waals surface area contributed by atoms with E-state index in [9.17, 15) is 43.4 Å². The minimum absolute atomic E-state index is 0. The van der Waals surface area contributed by atoms with Gasteiger partial charge in [0.2, 0.25) is 5.95 Å². The molecule has 4 unspecified atom stereocenters. The van der Waals surface area contributed by atoms with E-state index in [4.69, 9.17) is 54.1 Å². The Kier molecular flexibility index (Phi) is 24.1. The van der Waals surface area contributed by atoms with Crippen molar-refractivity contribution in [3.63, 3.8) is 0 Å². The number of carboxylic acid groups (broad SMARTS) is 1. The Morgan fingerprint density at radius 3 is 1.78 bits per heavy atom. The van der Waals surface area contributed by atoms with Crippen molar-refractivity contribution in [1.82, 2.24) is 25.2 Å². The minimum Gasteiger partial charge on any atom is -0.480 e. The summed E-state index contributed by atoms with van der Waals surface area (Å²) in [7, 11) is -2.12. The first-order valence-electron chi connectivity index (χ1n) is 31.0. The summed E-state index contributed by atoms with van der Waals surface area (Å²) in [5.74, 6) is -2.31. The van der Waals surface area contributed by atoms with Gasteiger partial charge in [-0.2, -0.15) is 0 Å². The number of aromatic nitrogens is 3. The molecular formula is C68H70Fm2N7O19PS2. The molecule has 532 valence electrons. The number of anilines is 1. The molecule has 2 amide bonds. The van der Waals surface area contributed by atoms with Crippen molar-refractivity contribution in [3.05, 3.63) is 201 Å². The van der Waals surface area contributed by atoms with Gasteiger partial charge in [-0.1, -0.05) is 143 Å². The average molecular weight is 1900 g/mol. The number of benzene rings is 6. The van der Waals surface area contributed by atoms with Gasteiger partial charge in [-0.25, -0.2) is 29.0 Å². The van der Waals surface area contributed by atoms with E-state index >= 15 is 4.79 Å². The fraction of sp³-hybridized carbons (Fsp3) is 0.309. The molecule has 99 heavy (non-hydrogen) atoms. The summed E-state index contributed by atoms with van der Waals surface area (Å²) < 4.78 is 64.9. The Morgan fingerprint density at radius 2 is 1.20 bits per heavy atom. The van der Waals surface area contributed by atoms with E-state index < -0.39 is 98.9 Å². The van der Waals surface area contributed by atoms with Crippen LogP contribution in [0.25, 0.3) is 33.3 Å². The van der Waals surface area contributed by atoms with Crippen molar-refractivity contribution < 1.29 is 86.1 Å². The number of hydrogen-bond acceptors (Lipinski definition) is 21. The predicted molar refractivity (Wildman–Crippen MR) is 357 cm³/mol. The number of aromatic amines is 2. The van der Waals surface area contributed by atoms with Crippen LogP contribution in [0.5, 0.6) is 0 Å². The number of rotatable bonds is 30. The molecule has 2 aromatic heterocycles. The molecule has 0 radical (unpaired) electrons. The minimum atomic E-state index is -4.92. The zero-order valence-electron chi connectivity index (χ0n) is 52.7. The number of alkyl carbamates (subject to hydrolysis) is 1. The summed E-state index contributed by atoms with van der Waals surface area (Å²) in [5.41, 5.74) is 20.0. The van der Waals surface area contributed by atoms with Crippen LogP contribution >= 0.6 is 29.2 Å². The molecule has 11 rings (SSSR count). The number of nitrogens with one attached hydrogen (secondary N) is 3. The SMILES string of the molecule is NCCOCCOCCNC(=O)OCc1ccc(SSc2ccc(COC(=O)N3C(CCP(=O)(O)O)C(OC(=O)OCC4c5ccccc5-c5ccccc54)C(OC(=O)OCC4c5ccccc5-c5ccccc54)C3c3c[nH]c4c(=O)[nH]c(N)nc34)cc2)c(CCOCC(=O)O)c1.[Fm].[Fm]. The quantitative estimate of drug-likeness (QED) is 0.00682. The van der Waals surface area contributed by atoms with Crippen molar-refractivity contribution in [2.24, 2.45) is 5.73 Å². The summed E-state index contributed by atoms with van der Waals surface area (Å²) in [6.45, 7) is 0.733. The van der Waals surface area contributed by atoms with Gasteiger partial charge in [0.1, 0.15) is 50.1 Å². The summed E-state index contributed by atoms with van der Waals surface area (Å²) >= 11 is 0. The molecule has 0 saturated carbocycles. The number of nitrogens with zero attached hydrogens (tertiary/aromatic N) is 2. The van der Waals surface area contributed by atoms with Gasteiger partial charge in [-0.05, 0) is 92.2 Å². The summed E-state index contributed by atoms with van der Waals surface area (Å²) in [4.78, 5) is 115. The zero-order chi connectivity index (χ0) is 68.0. The molecule has 0 spiro atoms. The number of aliphatic carboxylic acids is 1. The van der Waals surface area contributed by atoms with E-state index in [1.807, 2.05) is 109 Å². The number of ether oxygens (including phenoxy) is 9. The first-order chi connectivity index (χ1) is 47.0. The molecule has 4 atom stereocenters. The number of likely N-dealkylation sites (tertiary alicyclic amines) is 1. The first-order valence-corrected chi connectivity index (χ1v) is 35.0. The van der Waals surface area contributed by atoms with Crippen LogP contribution in [-0.2, 0) is 71.6 Å². The van der Waals surface area contributed by atoms with Gasteiger partial charge in [0.15, 0.2) is 12.2 Å². The number of carbonyl (C=O) groups excluding carboxylic acids is 4. The number of carbonyl (C=O) groups is 5. The number of H-pyrrole nitrogens is 2. The van der Waals surface area contributed by atoms with Crippen molar-refractivity contribution >= 4 is 76.6 Å². The standard InChI is InChI=1S/C68H70N7O19PS2.2Fm/c69-25-28-86-30-31-87-29-26-71-65(79)89-36-41-19-22-56(42(33-41)23-27-88-39-57(76)77)97-96-43-20-17-40(18-21-43)35-90-66(80)75-55(24-32-95(83,84)85)61(93-67(81)91-37-53-48-13-5-1-9-44(48)45-10-2-6-14-49(45)53)62(60(75)52-34-72-59-58(52)73-64(70)74-63(59)78)94-68(82)92-38-54-50-15-7-3-11-46(50)47-12-4-8-16-51(47)54;;/h1-22,33-34,53-55,60-62,72H,23-32,35-39,69H2,(H,71,79)(H,76,77)(H2,83,84,85)(H3,70,73,74,78);;. The topological polar surface area (TPSA) is 375 Å². The fourth-order valence-corrected chi connectivity index (χ4v) is 15.1. The predicted octanol–water partition coefficient (Wildman–Crippen LogP) is 9.79. The van der Waals surface area contributed by atoms with Crippen molar-refractivity contribution in [2.75, 3.05) is 77.8 Å². The Morgan fingerprint density at radius 1 is 0.646 bits per heavy atom. The maximum absolute atomic E-state index is 15.3. The van der Waals surface area contributed by atoms with Crippen molar-refractivity contribution in [1.29, 1.82) is 0 Å². The Balaban J connectivity index is 0.00000572. The number of hydrogen-bond donors (Lipinski definition) is 8. The summed E-state index contributed by atoms with van der Waals surface area (Å²) in [6.07, 6.45) is -7.65. The molecule has 1 fully saturated rings. The van der Waals surface area contributed by atoms with Gasteiger partial charge >= 0.3 is 38.1 Å². The van der Waals surface area contributed by atoms with Gasteiger partial charge in [0.05, 0.1) is 45.2 Å². The second kappa shape index (κ2) is 33.2. The second-order valence-corrected chi connectivity index (χ2v) is 26.8. The molecule has 1 aliphatic heterocycles. The van der Waals surface area contributed by atoms with Gasteiger partial charge < -0.3 is 79.3 Å². The smallest absolute Gasteiger partial charge is 0.480 e. The van der Waals surface area contributed by atoms with E-state index in [0.29, 0.717) is 43.9 Å². The number of nitrogen functional groups attached to an aromatic ring is 1. The van der Waals surface area contributed by atoms with Gasteiger partial charge in [0.25, 0.3) is 5.56 Å². The average Bonchev–Trinajstić information content (AvgIpc) is 1.59. The molecule has 10 N–H and O–H groups in total. The normalized spacial score (nSPS) is 15.9. The third-order valence-corrected chi connectivity index (χ3v) is 19.9. The Hall–Kier alpha value is -11.2. The maximum atomic E-state index is 15.3. The molecule has 6 aromatic carbocycles. The second-order valence-electron chi connectivity index (χ2n) is 22.8. The van der Waals surface area contributed by atoms with Gasteiger partial charge in [-0.15, -0.1) is 0 Å². The number of nitrogens with two attached hydrogens (primary N) is 2. The molecule has 26 nitrogen and oxygen atoms in total. The monoisotopic (exact) mass is 1900 g/mol. The molecular weight excluding hydrogens is 1830 g/mol. The van der Waals surface area contributed by atoms with Crippen LogP contribution < -0.4 is 22.3 Å². The van der Waals surface area contributed by atoms with Crippen LogP contribution in [0, 0.1) is 0 Å². The van der Waals surface area contributed by atoms with Crippen molar-refractivity contribution in [3.8, 4) is 22.3 Å². The number of amides is 2. The van der Waals surface area contributed by atoms with Crippen LogP contribution in [0.3, 0.4) is 0 Å². The van der Waals surface area contributed by atoms with Crippen LogP contribution in [-0.4, -0.2) is 156 Å². The Labute approximate surface area is 563 Å². The molecule has 1 saturated heterocycles. The van der Waals surface area contributed by atoms with E-state index in [1.165, 1.54) is 27.8 Å².